The molecule has 2 aromatic rings. The lowest BCUT2D eigenvalue weighted by Gasteiger charge is -2.23. The summed E-state index contributed by atoms with van der Waals surface area (Å²) in [6, 6.07) is 7.04. The van der Waals surface area contributed by atoms with Gasteiger partial charge in [-0.2, -0.15) is 5.10 Å². The van der Waals surface area contributed by atoms with E-state index in [4.69, 9.17) is 5.11 Å². The van der Waals surface area contributed by atoms with Crippen LogP contribution in [0, 0.1) is 0 Å². The Bertz CT molecular complexity index is 624. The number of anilines is 2. The van der Waals surface area contributed by atoms with E-state index in [1.807, 2.05) is 25.4 Å². The third kappa shape index (κ3) is 3.61. The van der Waals surface area contributed by atoms with Crippen molar-refractivity contribution in [3.63, 3.8) is 0 Å². The van der Waals surface area contributed by atoms with Crippen molar-refractivity contribution < 1.29 is 9.90 Å². The highest BCUT2D eigenvalue weighted by Gasteiger charge is 2.16. The second-order valence-corrected chi connectivity index (χ2v) is 5.06. The highest BCUT2D eigenvalue weighted by atomic mass is 16.3. The van der Waals surface area contributed by atoms with Gasteiger partial charge < -0.3 is 15.3 Å². The molecule has 1 aromatic heterocycles. The maximum absolute atomic E-state index is 12.3. The maximum Gasteiger partial charge on any atom is 0.253 e. The number of amides is 1. The number of carbonyl (C=O) groups excluding carboxylic acids is 1. The summed E-state index contributed by atoms with van der Waals surface area (Å²) in [5.41, 5.74) is 2.25. The highest BCUT2D eigenvalue weighted by Crippen LogP contribution is 2.18. The summed E-state index contributed by atoms with van der Waals surface area (Å²) in [6.45, 7) is 1.74. The van der Waals surface area contributed by atoms with E-state index in [0.29, 0.717) is 5.56 Å². The summed E-state index contributed by atoms with van der Waals surface area (Å²) < 4.78 is 1.70. The fourth-order valence-electron chi connectivity index (χ4n) is 1.91. The molecular weight excluding hydrogens is 268 g/mol. The van der Waals surface area contributed by atoms with Gasteiger partial charge in [0, 0.05) is 31.5 Å². The molecule has 2 rings (SSSR count). The van der Waals surface area contributed by atoms with E-state index < -0.39 is 0 Å². The van der Waals surface area contributed by atoms with Crippen LogP contribution in [-0.4, -0.2) is 45.4 Å². The zero-order valence-electron chi connectivity index (χ0n) is 12.4. The third-order valence-electron chi connectivity index (χ3n) is 3.35. The molecule has 0 saturated heterocycles. The van der Waals surface area contributed by atoms with Gasteiger partial charge in [0.15, 0.2) is 0 Å². The average molecular weight is 288 g/mol. The van der Waals surface area contributed by atoms with Crippen LogP contribution < -0.4 is 5.32 Å². The first-order valence-electron chi connectivity index (χ1n) is 6.75. The van der Waals surface area contributed by atoms with Crippen molar-refractivity contribution in [3.05, 3.63) is 42.2 Å². The lowest BCUT2D eigenvalue weighted by molar-refractivity contribution is 0.0682. The number of likely N-dealkylation sites (N-methyl/N-ethyl adjacent to an activating group) is 1. The molecule has 1 amide bonds. The van der Waals surface area contributed by atoms with E-state index >= 15 is 0 Å². The average Bonchev–Trinajstić information content (AvgIpc) is 2.90. The molecule has 2 N–H and O–H groups in total. The molecule has 0 bridgehead atoms. The van der Waals surface area contributed by atoms with Crippen molar-refractivity contribution in [1.29, 1.82) is 0 Å². The Morgan fingerprint density at radius 2 is 2.24 bits per heavy atom. The zero-order chi connectivity index (χ0) is 15.4. The second kappa shape index (κ2) is 6.41. The Morgan fingerprint density at radius 1 is 1.48 bits per heavy atom. The van der Waals surface area contributed by atoms with Crippen LogP contribution in [0.4, 0.5) is 11.4 Å². The van der Waals surface area contributed by atoms with E-state index in [1.54, 1.807) is 37.0 Å². The van der Waals surface area contributed by atoms with E-state index in [2.05, 4.69) is 10.4 Å². The molecule has 21 heavy (non-hydrogen) atoms. The van der Waals surface area contributed by atoms with Gasteiger partial charge in [0.05, 0.1) is 24.5 Å². The predicted octanol–water partition coefficient (Wildman–Crippen LogP) is 1.62. The van der Waals surface area contributed by atoms with Gasteiger partial charge in [0.25, 0.3) is 5.91 Å². The lowest BCUT2D eigenvalue weighted by Crippen LogP contribution is -2.37. The monoisotopic (exact) mass is 288 g/mol. The van der Waals surface area contributed by atoms with E-state index in [-0.39, 0.29) is 18.6 Å². The van der Waals surface area contributed by atoms with Crippen molar-refractivity contribution in [3.8, 4) is 0 Å². The molecule has 6 nitrogen and oxygen atoms in total. The standard InChI is InChI=1S/C15H20N4O2/c1-11(10-20)19(3)15(21)12-5-4-6-13(7-12)17-14-8-16-18(2)9-14/h4-9,11,17,20H,10H2,1-3H3/t11-/m0/s1. The minimum atomic E-state index is -0.215. The van der Waals surface area contributed by atoms with Crippen molar-refractivity contribution in [2.24, 2.45) is 7.05 Å². The van der Waals surface area contributed by atoms with Crippen LogP contribution in [0.2, 0.25) is 0 Å². The van der Waals surface area contributed by atoms with Crippen LogP contribution in [0.3, 0.4) is 0 Å². The van der Waals surface area contributed by atoms with Crippen LogP contribution in [-0.2, 0) is 7.05 Å². The fraction of sp³-hybridized carbons (Fsp3) is 0.333. The van der Waals surface area contributed by atoms with E-state index in [9.17, 15) is 4.79 Å². The number of nitrogens with one attached hydrogen (secondary N) is 1. The van der Waals surface area contributed by atoms with Gasteiger partial charge in [-0.3, -0.25) is 9.48 Å². The number of aryl methyl sites for hydroxylation is 1. The summed E-state index contributed by atoms with van der Waals surface area (Å²) in [7, 11) is 3.53. The molecule has 1 atom stereocenters. The SMILES string of the molecule is C[C@@H](CO)N(C)C(=O)c1cccc(Nc2cnn(C)c2)c1. The number of benzene rings is 1. The quantitative estimate of drug-likeness (QED) is 0.877. The van der Waals surface area contributed by atoms with Gasteiger partial charge in [-0.25, -0.2) is 0 Å². The minimum absolute atomic E-state index is 0.0597. The molecule has 112 valence electrons. The summed E-state index contributed by atoms with van der Waals surface area (Å²) in [6.07, 6.45) is 3.57. The summed E-state index contributed by atoms with van der Waals surface area (Å²) in [5.74, 6) is -0.119. The number of carbonyl (C=O) groups is 1. The van der Waals surface area contributed by atoms with Gasteiger partial charge in [0.2, 0.25) is 0 Å². The Hall–Kier alpha value is -2.34. The molecule has 1 aromatic carbocycles. The summed E-state index contributed by atoms with van der Waals surface area (Å²) in [4.78, 5) is 13.9. The minimum Gasteiger partial charge on any atom is -0.394 e. The molecular formula is C15H20N4O2. The van der Waals surface area contributed by atoms with Crippen LogP contribution in [0.5, 0.6) is 0 Å². The van der Waals surface area contributed by atoms with E-state index in [0.717, 1.165) is 11.4 Å². The molecule has 1 heterocycles. The molecule has 0 saturated carbocycles. The number of aliphatic hydroxyl groups excluding tert-OH is 1. The Balaban J connectivity index is 2.15. The normalized spacial score (nSPS) is 12.0. The zero-order valence-corrected chi connectivity index (χ0v) is 12.4. The molecule has 0 spiro atoms. The predicted molar refractivity (Wildman–Crippen MR) is 81.6 cm³/mol. The van der Waals surface area contributed by atoms with Crippen molar-refractivity contribution >= 4 is 17.3 Å². The number of aromatic nitrogens is 2. The van der Waals surface area contributed by atoms with Crippen LogP contribution in [0.25, 0.3) is 0 Å². The topological polar surface area (TPSA) is 70.4 Å². The van der Waals surface area contributed by atoms with Crippen molar-refractivity contribution in [2.45, 2.75) is 13.0 Å². The molecule has 0 fully saturated rings. The van der Waals surface area contributed by atoms with Crippen LogP contribution in [0.1, 0.15) is 17.3 Å². The fourth-order valence-corrected chi connectivity index (χ4v) is 1.91. The van der Waals surface area contributed by atoms with Crippen molar-refractivity contribution in [1.82, 2.24) is 14.7 Å². The van der Waals surface area contributed by atoms with Gasteiger partial charge in [0.1, 0.15) is 0 Å². The number of hydrogen-bond donors (Lipinski definition) is 2. The lowest BCUT2D eigenvalue weighted by atomic mass is 10.1. The smallest absolute Gasteiger partial charge is 0.253 e. The van der Waals surface area contributed by atoms with Crippen LogP contribution >= 0.6 is 0 Å². The molecule has 0 radical (unpaired) electrons. The largest absolute Gasteiger partial charge is 0.394 e. The van der Waals surface area contributed by atoms with Crippen molar-refractivity contribution in [2.75, 3.05) is 19.0 Å². The highest BCUT2D eigenvalue weighted by molar-refractivity contribution is 5.95. The molecule has 0 unspecified atom stereocenters. The summed E-state index contributed by atoms with van der Waals surface area (Å²) >= 11 is 0. The molecule has 0 aliphatic rings. The van der Waals surface area contributed by atoms with Gasteiger partial charge in [-0.15, -0.1) is 0 Å². The first-order valence-corrected chi connectivity index (χ1v) is 6.75. The first kappa shape index (κ1) is 15.1. The number of nitrogens with zero attached hydrogens (tertiary/aromatic N) is 3. The number of aliphatic hydroxyl groups is 1. The first-order chi connectivity index (χ1) is 10.0. The Morgan fingerprint density at radius 3 is 2.86 bits per heavy atom. The Labute approximate surface area is 124 Å². The van der Waals surface area contributed by atoms with Gasteiger partial charge in [-0.05, 0) is 25.1 Å². The third-order valence-corrected chi connectivity index (χ3v) is 3.35. The second-order valence-electron chi connectivity index (χ2n) is 5.06. The van der Waals surface area contributed by atoms with Gasteiger partial charge >= 0.3 is 0 Å². The summed E-state index contributed by atoms with van der Waals surface area (Å²) in [5, 5.41) is 16.4. The number of hydrogen-bond acceptors (Lipinski definition) is 4. The Kier molecular flexibility index (Phi) is 4.59. The van der Waals surface area contributed by atoms with E-state index in [1.165, 1.54) is 4.90 Å². The molecule has 6 heteroatoms. The molecule has 0 aliphatic heterocycles. The van der Waals surface area contributed by atoms with Gasteiger partial charge in [-0.1, -0.05) is 6.07 Å². The molecule has 0 aliphatic carbocycles. The number of rotatable bonds is 5. The maximum atomic E-state index is 12.3. The van der Waals surface area contributed by atoms with Crippen LogP contribution in [0.15, 0.2) is 36.7 Å².